The van der Waals surface area contributed by atoms with E-state index in [9.17, 15) is 9.90 Å². The quantitative estimate of drug-likeness (QED) is 0.168. The van der Waals surface area contributed by atoms with E-state index in [0.717, 1.165) is 16.8 Å². The number of carbonyl (C=O) groups excluding carboxylic acids is 1. The molecule has 4 rings (SSSR count). The van der Waals surface area contributed by atoms with Crippen molar-refractivity contribution in [2.24, 2.45) is 5.10 Å². The molecule has 7 nitrogen and oxygen atoms in total. The molecular weight excluding hydrogens is 505 g/mol. The van der Waals surface area contributed by atoms with E-state index in [4.69, 9.17) is 23.2 Å². The van der Waals surface area contributed by atoms with E-state index in [1.165, 1.54) is 11.8 Å². The molecule has 0 aliphatic rings. The smallest absolute Gasteiger partial charge is 0.250 e. The Morgan fingerprint density at radius 3 is 2.23 bits per heavy atom. The predicted molar refractivity (Wildman–Crippen MR) is 141 cm³/mol. The van der Waals surface area contributed by atoms with Crippen molar-refractivity contribution in [2.45, 2.75) is 18.5 Å². The first-order valence-electron chi connectivity index (χ1n) is 10.7. The van der Waals surface area contributed by atoms with E-state index < -0.39 is 0 Å². The fraction of sp³-hybridized carbons (Fsp3) is 0.120. The maximum atomic E-state index is 12.6. The monoisotopic (exact) mass is 525 g/mol. The van der Waals surface area contributed by atoms with Gasteiger partial charge in [0.05, 0.1) is 11.5 Å². The number of thioether (sulfide) groups is 1. The van der Waals surface area contributed by atoms with Crippen LogP contribution in [0.5, 0.6) is 5.75 Å². The zero-order valence-corrected chi connectivity index (χ0v) is 21.0. The lowest BCUT2D eigenvalue weighted by Crippen LogP contribution is -2.22. The predicted octanol–water partition coefficient (Wildman–Crippen LogP) is 5.97. The van der Waals surface area contributed by atoms with Gasteiger partial charge in [0.25, 0.3) is 5.91 Å². The fourth-order valence-electron chi connectivity index (χ4n) is 3.27. The summed E-state index contributed by atoms with van der Waals surface area (Å²) in [6, 6.07) is 21.3. The number of nitrogens with one attached hydrogen (secondary N) is 1. The number of hydrogen-bond acceptors (Lipinski definition) is 6. The van der Waals surface area contributed by atoms with E-state index in [2.05, 4.69) is 20.7 Å². The first kappa shape index (κ1) is 24.8. The number of hydrazone groups is 1. The largest absolute Gasteiger partial charge is 0.508 e. The summed E-state index contributed by atoms with van der Waals surface area (Å²) in [6.07, 6.45) is 0.619. The highest BCUT2D eigenvalue weighted by Crippen LogP contribution is 2.29. The molecule has 1 amide bonds. The van der Waals surface area contributed by atoms with Crippen LogP contribution in [0.4, 0.5) is 0 Å². The lowest BCUT2D eigenvalue weighted by Gasteiger charge is -2.10. The molecule has 0 saturated heterocycles. The number of hydrogen-bond donors (Lipinski definition) is 2. The Morgan fingerprint density at radius 1 is 0.971 bits per heavy atom. The number of phenolic OH excluding ortho intramolecular Hbond substituents is 1. The van der Waals surface area contributed by atoms with Crippen LogP contribution in [0, 0.1) is 0 Å². The van der Waals surface area contributed by atoms with Gasteiger partial charge in [-0.25, -0.2) is 5.43 Å². The molecular formula is C25H21Cl2N5O2S. The van der Waals surface area contributed by atoms with Gasteiger partial charge in [-0.05, 0) is 84.8 Å². The number of amides is 1. The molecule has 10 heteroatoms. The number of rotatable bonds is 8. The Morgan fingerprint density at radius 2 is 1.60 bits per heavy atom. The maximum Gasteiger partial charge on any atom is 0.250 e. The Labute approximate surface area is 216 Å². The van der Waals surface area contributed by atoms with Crippen LogP contribution in [-0.2, 0) is 4.79 Å². The number of aromatic nitrogens is 3. The minimum absolute atomic E-state index is 0.0857. The van der Waals surface area contributed by atoms with Crippen molar-refractivity contribution in [1.29, 1.82) is 0 Å². The van der Waals surface area contributed by atoms with Crippen LogP contribution in [-0.4, -0.2) is 37.2 Å². The first-order chi connectivity index (χ1) is 16.9. The van der Waals surface area contributed by atoms with Crippen molar-refractivity contribution in [1.82, 2.24) is 20.2 Å². The molecule has 4 aromatic rings. The zero-order chi connectivity index (χ0) is 24.8. The zero-order valence-electron chi connectivity index (χ0n) is 18.7. The second-order valence-electron chi connectivity index (χ2n) is 7.41. The number of halogens is 2. The van der Waals surface area contributed by atoms with Gasteiger partial charge in [0.15, 0.2) is 11.0 Å². The van der Waals surface area contributed by atoms with Gasteiger partial charge >= 0.3 is 0 Å². The van der Waals surface area contributed by atoms with E-state index in [1.54, 1.807) is 48.5 Å². The molecule has 0 unspecified atom stereocenters. The van der Waals surface area contributed by atoms with Crippen LogP contribution in [0.15, 0.2) is 83.1 Å². The van der Waals surface area contributed by atoms with Gasteiger partial charge in [-0.1, -0.05) is 41.9 Å². The van der Waals surface area contributed by atoms with Crippen LogP contribution in [0.1, 0.15) is 18.9 Å². The third-order valence-corrected chi connectivity index (χ3v) is 6.44. The van der Waals surface area contributed by atoms with Crippen molar-refractivity contribution in [3.8, 4) is 22.8 Å². The Kier molecular flexibility index (Phi) is 8.07. The molecule has 0 bridgehead atoms. The third kappa shape index (κ3) is 6.22. The minimum Gasteiger partial charge on any atom is -0.508 e. The molecule has 0 aliphatic heterocycles. The summed E-state index contributed by atoms with van der Waals surface area (Å²) < 4.78 is 1.87. The molecule has 0 saturated carbocycles. The van der Waals surface area contributed by atoms with Crippen molar-refractivity contribution in [3.63, 3.8) is 0 Å². The molecule has 3 aromatic carbocycles. The molecule has 1 aromatic heterocycles. The van der Waals surface area contributed by atoms with Gasteiger partial charge in [-0.2, -0.15) is 5.10 Å². The van der Waals surface area contributed by atoms with E-state index >= 15 is 0 Å². The molecule has 0 atom stereocenters. The Balaban J connectivity index is 1.53. The van der Waals surface area contributed by atoms with Gasteiger partial charge in [0.2, 0.25) is 0 Å². The van der Waals surface area contributed by atoms with Crippen LogP contribution in [0.3, 0.4) is 0 Å². The van der Waals surface area contributed by atoms with Gasteiger partial charge in [0, 0.05) is 21.3 Å². The molecule has 0 aliphatic carbocycles. The number of carbonyl (C=O) groups is 1. The van der Waals surface area contributed by atoms with E-state index in [-0.39, 0.29) is 17.4 Å². The summed E-state index contributed by atoms with van der Waals surface area (Å²) in [5.74, 6) is 0.596. The topological polar surface area (TPSA) is 92.4 Å². The van der Waals surface area contributed by atoms with Crippen LogP contribution in [0.2, 0.25) is 10.0 Å². The molecule has 0 spiro atoms. The number of benzene rings is 3. The average molecular weight is 526 g/mol. The summed E-state index contributed by atoms with van der Waals surface area (Å²) >= 11 is 13.4. The lowest BCUT2D eigenvalue weighted by atomic mass is 10.1. The average Bonchev–Trinajstić information content (AvgIpc) is 3.29. The first-order valence-corrected chi connectivity index (χ1v) is 12.4. The highest BCUT2D eigenvalue weighted by Gasteiger charge is 2.17. The van der Waals surface area contributed by atoms with Gasteiger partial charge in [-0.3, -0.25) is 9.36 Å². The van der Waals surface area contributed by atoms with E-state index in [1.807, 2.05) is 35.8 Å². The van der Waals surface area contributed by atoms with Gasteiger partial charge in [-0.15, -0.1) is 10.2 Å². The number of aromatic hydroxyl groups is 1. The summed E-state index contributed by atoms with van der Waals surface area (Å²) in [4.78, 5) is 12.6. The van der Waals surface area contributed by atoms with Crippen LogP contribution in [0.25, 0.3) is 17.1 Å². The number of phenols is 1. The van der Waals surface area contributed by atoms with Crippen molar-refractivity contribution in [2.75, 3.05) is 5.75 Å². The SMILES string of the molecule is CCC(=NNC(=O)CSc1nnc(-c2ccc(Cl)cc2)n1-c1ccc(Cl)cc1)c1ccc(O)cc1. The summed E-state index contributed by atoms with van der Waals surface area (Å²) in [5.41, 5.74) is 5.78. The summed E-state index contributed by atoms with van der Waals surface area (Å²) in [7, 11) is 0. The lowest BCUT2D eigenvalue weighted by molar-refractivity contribution is -0.118. The highest BCUT2D eigenvalue weighted by molar-refractivity contribution is 7.99. The molecule has 1 heterocycles. The van der Waals surface area contributed by atoms with Gasteiger partial charge < -0.3 is 5.11 Å². The van der Waals surface area contributed by atoms with Crippen molar-refractivity contribution >= 4 is 46.6 Å². The van der Waals surface area contributed by atoms with E-state index in [0.29, 0.717) is 33.2 Å². The second kappa shape index (κ2) is 11.4. The molecule has 2 N–H and O–H groups in total. The van der Waals surface area contributed by atoms with Crippen molar-refractivity contribution in [3.05, 3.63) is 88.4 Å². The summed E-state index contributed by atoms with van der Waals surface area (Å²) in [5, 5.41) is 24.2. The Hall–Kier alpha value is -3.33. The van der Waals surface area contributed by atoms with Gasteiger partial charge in [0.1, 0.15) is 5.75 Å². The molecule has 178 valence electrons. The standard InChI is InChI=1S/C25H21Cl2N5O2S/c1-2-22(16-5-13-21(33)14-6-16)28-29-23(34)15-35-25-31-30-24(17-3-7-18(26)8-4-17)32(25)20-11-9-19(27)10-12-20/h3-14,33H,2,15H2,1H3,(H,29,34). The number of nitrogens with zero attached hydrogens (tertiary/aromatic N) is 4. The van der Waals surface area contributed by atoms with Crippen LogP contribution >= 0.6 is 35.0 Å². The molecule has 0 radical (unpaired) electrons. The maximum absolute atomic E-state index is 12.6. The summed E-state index contributed by atoms with van der Waals surface area (Å²) in [6.45, 7) is 1.94. The molecule has 0 fully saturated rings. The third-order valence-electron chi connectivity index (χ3n) is 5.00. The normalized spacial score (nSPS) is 11.5. The Bertz CT molecular complexity index is 1340. The minimum atomic E-state index is -0.279. The highest BCUT2D eigenvalue weighted by atomic mass is 35.5. The fourth-order valence-corrected chi connectivity index (χ4v) is 4.26. The van der Waals surface area contributed by atoms with Crippen molar-refractivity contribution < 1.29 is 9.90 Å². The van der Waals surface area contributed by atoms with Crippen LogP contribution < -0.4 is 5.43 Å². The molecule has 35 heavy (non-hydrogen) atoms. The second-order valence-corrected chi connectivity index (χ2v) is 9.22.